The van der Waals surface area contributed by atoms with Crippen molar-refractivity contribution in [2.75, 3.05) is 25.0 Å². The molecule has 0 aliphatic heterocycles. The number of H-pyrrole nitrogens is 1. The standard InChI is InChI=1S/C8H15N5O/c1-3-13(4-2)5-7(14)11-8-9-6-10-12-8/h6H,3-5H2,1-2H3,(H2,9,10,11,12,14). The van der Waals surface area contributed by atoms with Gasteiger partial charge in [0, 0.05) is 0 Å². The first-order valence-electron chi connectivity index (χ1n) is 4.63. The lowest BCUT2D eigenvalue weighted by Crippen LogP contribution is -2.33. The number of likely N-dealkylation sites (N-methyl/N-ethyl adjacent to an activating group) is 1. The molecule has 0 aromatic carbocycles. The van der Waals surface area contributed by atoms with Gasteiger partial charge in [0.1, 0.15) is 6.33 Å². The monoisotopic (exact) mass is 197 g/mol. The van der Waals surface area contributed by atoms with E-state index in [0.29, 0.717) is 12.5 Å². The predicted molar refractivity (Wildman–Crippen MR) is 52.8 cm³/mol. The quantitative estimate of drug-likeness (QED) is 0.701. The highest BCUT2D eigenvalue weighted by molar-refractivity contribution is 5.90. The van der Waals surface area contributed by atoms with Gasteiger partial charge in [0.15, 0.2) is 0 Å². The zero-order valence-corrected chi connectivity index (χ0v) is 8.45. The lowest BCUT2D eigenvalue weighted by Gasteiger charge is -2.16. The van der Waals surface area contributed by atoms with Crippen LogP contribution in [0.5, 0.6) is 0 Å². The second-order valence-corrected chi connectivity index (χ2v) is 2.84. The number of carbonyl (C=O) groups excluding carboxylic acids is 1. The summed E-state index contributed by atoms with van der Waals surface area (Å²) in [5.74, 6) is 0.313. The molecule has 0 saturated carbocycles. The third-order valence-electron chi connectivity index (χ3n) is 1.93. The van der Waals surface area contributed by atoms with E-state index in [1.165, 1.54) is 6.33 Å². The highest BCUT2D eigenvalue weighted by Crippen LogP contribution is 1.93. The summed E-state index contributed by atoms with van der Waals surface area (Å²) in [5, 5.41) is 8.81. The fourth-order valence-corrected chi connectivity index (χ4v) is 1.09. The minimum atomic E-state index is -0.0783. The highest BCUT2D eigenvalue weighted by atomic mass is 16.2. The maximum atomic E-state index is 11.4. The second-order valence-electron chi connectivity index (χ2n) is 2.84. The van der Waals surface area contributed by atoms with Crippen molar-refractivity contribution in [1.82, 2.24) is 20.1 Å². The number of anilines is 1. The fourth-order valence-electron chi connectivity index (χ4n) is 1.09. The van der Waals surface area contributed by atoms with Gasteiger partial charge in [-0.15, -0.1) is 0 Å². The van der Waals surface area contributed by atoms with E-state index in [2.05, 4.69) is 20.5 Å². The summed E-state index contributed by atoms with van der Waals surface area (Å²) < 4.78 is 0. The van der Waals surface area contributed by atoms with E-state index in [1.807, 2.05) is 18.7 Å². The molecule has 0 saturated heterocycles. The summed E-state index contributed by atoms with van der Waals surface area (Å²) in [4.78, 5) is 17.2. The van der Waals surface area contributed by atoms with Gasteiger partial charge >= 0.3 is 0 Å². The van der Waals surface area contributed by atoms with E-state index >= 15 is 0 Å². The molecule has 6 nitrogen and oxygen atoms in total. The minimum Gasteiger partial charge on any atom is -0.295 e. The van der Waals surface area contributed by atoms with Crippen LogP contribution in [0.3, 0.4) is 0 Å². The van der Waals surface area contributed by atoms with Crippen LogP contribution in [0.25, 0.3) is 0 Å². The van der Waals surface area contributed by atoms with Crippen LogP contribution in [0.15, 0.2) is 6.33 Å². The number of carbonyl (C=O) groups is 1. The van der Waals surface area contributed by atoms with Crippen molar-refractivity contribution in [3.63, 3.8) is 0 Å². The first-order chi connectivity index (χ1) is 6.76. The summed E-state index contributed by atoms with van der Waals surface area (Å²) in [6, 6.07) is 0. The zero-order chi connectivity index (χ0) is 10.4. The van der Waals surface area contributed by atoms with Crippen molar-refractivity contribution < 1.29 is 4.79 Å². The molecule has 0 radical (unpaired) electrons. The average molecular weight is 197 g/mol. The first-order valence-corrected chi connectivity index (χ1v) is 4.63. The highest BCUT2D eigenvalue weighted by Gasteiger charge is 2.07. The second kappa shape index (κ2) is 5.33. The Morgan fingerprint density at radius 3 is 2.79 bits per heavy atom. The number of amides is 1. The Bertz CT molecular complexity index is 267. The average Bonchev–Trinajstić information content (AvgIpc) is 2.66. The molecular formula is C8H15N5O. The molecule has 2 N–H and O–H groups in total. The molecule has 78 valence electrons. The van der Waals surface area contributed by atoms with E-state index < -0.39 is 0 Å². The molecule has 0 unspecified atom stereocenters. The Morgan fingerprint density at radius 1 is 1.57 bits per heavy atom. The summed E-state index contributed by atoms with van der Waals surface area (Å²) in [5.41, 5.74) is 0. The molecule has 0 aliphatic carbocycles. The number of nitrogens with zero attached hydrogens (tertiary/aromatic N) is 3. The number of hydrogen-bond donors (Lipinski definition) is 2. The van der Waals surface area contributed by atoms with Gasteiger partial charge in [-0.05, 0) is 13.1 Å². The van der Waals surface area contributed by atoms with Gasteiger partial charge in [-0.2, -0.15) is 10.1 Å². The van der Waals surface area contributed by atoms with Crippen molar-refractivity contribution in [3.05, 3.63) is 6.33 Å². The molecule has 0 atom stereocenters. The van der Waals surface area contributed by atoms with Crippen LogP contribution in [0.4, 0.5) is 5.95 Å². The maximum absolute atomic E-state index is 11.4. The lowest BCUT2D eigenvalue weighted by atomic mass is 10.4. The van der Waals surface area contributed by atoms with Crippen molar-refractivity contribution in [2.24, 2.45) is 0 Å². The normalized spacial score (nSPS) is 10.5. The molecule has 1 heterocycles. The number of aromatic amines is 1. The Hall–Kier alpha value is -1.43. The molecule has 1 aromatic rings. The van der Waals surface area contributed by atoms with Gasteiger partial charge in [-0.1, -0.05) is 13.8 Å². The van der Waals surface area contributed by atoms with Crippen LogP contribution < -0.4 is 5.32 Å². The van der Waals surface area contributed by atoms with Gasteiger partial charge < -0.3 is 0 Å². The minimum absolute atomic E-state index is 0.0783. The summed E-state index contributed by atoms with van der Waals surface area (Å²) in [6.45, 7) is 6.14. The van der Waals surface area contributed by atoms with Gasteiger partial charge in [-0.3, -0.25) is 15.0 Å². The Kier molecular flexibility index (Phi) is 4.06. The number of hydrogen-bond acceptors (Lipinski definition) is 4. The molecule has 0 bridgehead atoms. The molecule has 0 aliphatic rings. The van der Waals surface area contributed by atoms with E-state index in [0.717, 1.165) is 13.1 Å². The van der Waals surface area contributed by atoms with E-state index in [9.17, 15) is 4.79 Å². The molecule has 1 aromatic heterocycles. The predicted octanol–water partition coefficient (Wildman–Crippen LogP) is 0.0850. The number of aromatic nitrogens is 3. The molecule has 1 rings (SSSR count). The smallest absolute Gasteiger partial charge is 0.240 e. The van der Waals surface area contributed by atoms with E-state index in [1.54, 1.807) is 0 Å². The third kappa shape index (κ3) is 3.14. The molecular weight excluding hydrogens is 182 g/mol. The molecule has 0 spiro atoms. The van der Waals surface area contributed by atoms with E-state index in [4.69, 9.17) is 0 Å². The largest absolute Gasteiger partial charge is 0.295 e. The van der Waals surface area contributed by atoms with Crippen LogP contribution in [0, 0.1) is 0 Å². The van der Waals surface area contributed by atoms with Gasteiger partial charge in [-0.25, -0.2) is 5.10 Å². The molecule has 1 amide bonds. The SMILES string of the molecule is CCN(CC)CC(=O)Nc1ncn[nH]1. The molecule has 14 heavy (non-hydrogen) atoms. The van der Waals surface area contributed by atoms with Crippen molar-refractivity contribution in [3.8, 4) is 0 Å². The number of nitrogens with one attached hydrogen (secondary N) is 2. The van der Waals surface area contributed by atoms with Crippen LogP contribution in [-0.4, -0.2) is 45.6 Å². The van der Waals surface area contributed by atoms with E-state index in [-0.39, 0.29) is 5.91 Å². The van der Waals surface area contributed by atoms with Gasteiger partial charge in [0.2, 0.25) is 11.9 Å². The van der Waals surface area contributed by atoms with Crippen molar-refractivity contribution >= 4 is 11.9 Å². The summed E-state index contributed by atoms with van der Waals surface area (Å²) in [6.07, 6.45) is 1.35. The van der Waals surface area contributed by atoms with Gasteiger partial charge in [0.25, 0.3) is 0 Å². The lowest BCUT2D eigenvalue weighted by molar-refractivity contribution is -0.117. The summed E-state index contributed by atoms with van der Waals surface area (Å²) in [7, 11) is 0. The van der Waals surface area contributed by atoms with Crippen LogP contribution in [0.2, 0.25) is 0 Å². The van der Waals surface area contributed by atoms with Crippen molar-refractivity contribution in [1.29, 1.82) is 0 Å². The third-order valence-corrected chi connectivity index (χ3v) is 1.93. The van der Waals surface area contributed by atoms with Crippen LogP contribution in [-0.2, 0) is 4.79 Å². The van der Waals surface area contributed by atoms with Crippen molar-refractivity contribution in [2.45, 2.75) is 13.8 Å². The first kappa shape index (κ1) is 10.6. The maximum Gasteiger partial charge on any atom is 0.240 e. The van der Waals surface area contributed by atoms with Crippen LogP contribution >= 0.6 is 0 Å². The topological polar surface area (TPSA) is 73.9 Å². The fraction of sp³-hybridized carbons (Fsp3) is 0.625. The Labute approximate surface area is 82.7 Å². The number of rotatable bonds is 5. The molecule has 6 heteroatoms. The Morgan fingerprint density at radius 2 is 2.29 bits per heavy atom. The van der Waals surface area contributed by atoms with Gasteiger partial charge in [0.05, 0.1) is 6.54 Å². The van der Waals surface area contributed by atoms with Crippen LogP contribution in [0.1, 0.15) is 13.8 Å². The zero-order valence-electron chi connectivity index (χ0n) is 8.45. The summed E-state index contributed by atoms with van der Waals surface area (Å²) >= 11 is 0. The molecule has 0 fully saturated rings. The Balaban J connectivity index is 2.35.